The van der Waals surface area contributed by atoms with Crippen molar-refractivity contribution in [2.45, 2.75) is 19.4 Å². The zero-order chi connectivity index (χ0) is 21.6. The van der Waals surface area contributed by atoms with Gasteiger partial charge in [0.2, 0.25) is 5.91 Å². The predicted molar refractivity (Wildman–Crippen MR) is 118 cm³/mol. The second kappa shape index (κ2) is 9.26. The number of hydrogen-bond acceptors (Lipinski definition) is 4. The van der Waals surface area contributed by atoms with E-state index in [2.05, 4.69) is 5.32 Å². The van der Waals surface area contributed by atoms with E-state index >= 15 is 0 Å². The van der Waals surface area contributed by atoms with E-state index in [4.69, 9.17) is 4.74 Å². The number of nitrogens with zero attached hydrogens (tertiary/aromatic N) is 1. The molecular formula is C25H22N2O4. The van der Waals surface area contributed by atoms with E-state index in [9.17, 15) is 14.4 Å². The van der Waals surface area contributed by atoms with E-state index in [0.29, 0.717) is 29.8 Å². The molecule has 0 aromatic heterocycles. The van der Waals surface area contributed by atoms with Crippen LogP contribution in [-0.4, -0.2) is 24.3 Å². The first kappa shape index (κ1) is 20.3. The Morgan fingerprint density at radius 3 is 2.39 bits per heavy atom. The molecule has 0 spiro atoms. The highest BCUT2D eigenvalue weighted by Crippen LogP contribution is 2.22. The van der Waals surface area contributed by atoms with Gasteiger partial charge < -0.3 is 15.0 Å². The Bertz CT molecular complexity index is 1090. The van der Waals surface area contributed by atoms with E-state index < -0.39 is 5.97 Å². The van der Waals surface area contributed by atoms with Crippen molar-refractivity contribution in [3.63, 3.8) is 0 Å². The molecule has 0 radical (unpaired) electrons. The summed E-state index contributed by atoms with van der Waals surface area (Å²) in [6.07, 6.45) is 1.41. The van der Waals surface area contributed by atoms with Crippen LogP contribution in [0.4, 0.5) is 11.4 Å². The quantitative estimate of drug-likeness (QED) is 0.606. The smallest absolute Gasteiger partial charge is 0.338 e. The summed E-state index contributed by atoms with van der Waals surface area (Å²) >= 11 is 0. The summed E-state index contributed by atoms with van der Waals surface area (Å²) in [5, 5.41) is 2.80. The maximum Gasteiger partial charge on any atom is 0.338 e. The van der Waals surface area contributed by atoms with Crippen LogP contribution in [-0.2, 0) is 16.1 Å². The molecule has 6 heteroatoms. The van der Waals surface area contributed by atoms with Gasteiger partial charge in [0.15, 0.2) is 0 Å². The molecule has 0 atom stereocenters. The minimum atomic E-state index is -0.459. The third-order valence-corrected chi connectivity index (χ3v) is 5.08. The Labute approximate surface area is 180 Å². The van der Waals surface area contributed by atoms with E-state index in [1.807, 2.05) is 30.3 Å². The Kier molecular flexibility index (Phi) is 6.08. The molecule has 1 saturated heterocycles. The number of carbonyl (C=O) groups excluding carboxylic acids is 3. The first-order valence-corrected chi connectivity index (χ1v) is 10.1. The van der Waals surface area contributed by atoms with Crippen LogP contribution in [0.2, 0.25) is 0 Å². The Balaban J connectivity index is 1.38. The first-order valence-electron chi connectivity index (χ1n) is 10.1. The lowest BCUT2D eigenvalue weighted by molar-refractivity contribution is -0.117. The second-order valence-corrected chi connectivity index (χ2v) is 7.29. The third kappa shape index (κ3) is 4.98. The molecule has 156 valence electrons. The molecule has 6 nitrogen and oxygen atoms in total. The van der Waals surface area contributed by atoms with E-state index in [-0.39, 0.29) is 18.4 Å². The van der Waals surface area contributed by atoms with Gasteiger partial charge in [0.1, 0.15) is 6.61 Å². The van der Waals surface area contributed by atoms with Gasteiger partial charge in [-0.1, -0.05) is 36.4 Å². The molecular weight excluding hydrogens is 392 g/mol. The van der Waals surface area contributed by atoms with Crippen molar-refractivity contribution < 1.29 is 19.1 Å². The molecule has 3 aromatic carbocycles. The van der Waals surface area contributed by atoms with Crippen molar-refractivity contribution in [1.29, 1.82) is 0 Å². The van der Waals surface area contributed by atoms with Gasteiger partial charge in [0, 0.05) is 29.9 Å². The van der Waals surface area contributed by atoms with Crippen LogP contribution in [0.15, 0.2) is 78.9 Å². The van der Waals surface area contributed by atoms with Gasteiger partial charge in [-0.25, -0.2) is 4.79 Å². The highest BCUT2D eigenvalue weighted by molar-refractivity contribution is 6.05. The number of anilines is 2. The Morgan fingerprint density at radius 2 is 1.68 bits per heavy atom. The molecule has 1 N–H and O–H groups in total. The molecule has 1 aliphatic heterocycles. The fourth-order valence-corrected chi connectivity index (χ4v) is 3.45. The highest BCUT2D eigenvalue weighted by Gasteiger charge is 2.21. The topological polar surface area (TPSA) is 75.7 Å². The Hall–Kier alpha value is -3.93. The number of amides is 2. The van der Waals surface area contributed by atoms with Gasteiger partial charge in [-0.2, -0.15) is 0 Å². The number of nitrogens with one attached hydrogen (secondary N) is 1. The molecule has 1 fully saturated rings. The van der Waals surface area contributed by atoms with Crippen LogP contribution >= 0.6 is 0 Å². The third-order valence-electron chi connectivity index (χ3n) is 5.08. The van der Waals surface area contributed by atoms with Crippen molar-refractivity contribution >= 4 is 29.2 Å². The van der Waals surface area contributed by atoms with Crippen molar-refractivity contribution in [3.05, 3.63) is 95.6 Å². The van der Waals surface area contributed by atoms with Crippen LogP contribution in [0.3, 0.4) is 0 Å². The number of ether oxygens (including phenoxy) is 1. The van der Waals surface area contributed by atoms with E-state index in [1.165, 1.54) is 0 Å². The minimum Gasteiger partial charge on any atom is -0.457 e. The normalized spacial score (nSPS) is 13.2. The summed E-state index contributed by atoms with van der Waals surface area (Å²) in [6.45, 7) is 0.889. The zero-order valence-corrected chi connectivity index (χ0v) is 16.9. The summed E-state index contributed by atoms with van der Waals surface area (Å²) in [4.78, 5) is 38.5. The second-order valence-electron chi connectivity index (χ2n) is 7.29. The largest absolute Gasteiger partial charge is 0.457 e. The maximum absolute atomic E-state index is 12.6. The van der Waals surface area contributed by atoms with Crippen molar-refractivity contribution in [2.24, 2.45) is 0 Å². The number of carbonyl (C=O) groups is 3. The minimum absolute atomic E-state index is 0.105. The molecule has 4 rings (SSSR count). The van der Waals surface area contributed by atoms with Gasteiger partial charge in [-0.15, -0.1) is 0 Å². The van der Waals surface area contributed by atoms with E-state index in [1.54, 1.807) is 53.4 Å². The maximum atomic E-state index is 12.6. The summed E-state index contributed by atoms with van der Waals surface area (Å²) < 4.78 is 5.35. The van der Waals surface area contributed by atoms with Gasteiger partial charge in [0.25, 0.3) is 5.91 Å². The molecule has 0 aliphatic carbocycles. The lowest BCUT2D eigenvalue weighted by Crippen LogP contribution is -2.23. The standard InChI is InChI=1S/C25H22N2O4/c28-23-10-5-15-27(23)22-13-11-19(12-14-22)24(29)26-21-9-4-8-20(16-21)25(30)31-17-18-6-2-1-3-7-18/h1-4,6-9,11-14,16H,5,10,15,17H2,(H,26,29). The lowest BCUT2D eigenvalue weighted by atomic mass is 10.1. The zero-order valence-electron chi connectivity index (χ0n) is 16.9. The number of benzene rings is 3. The molecule has 0 saturated carbocycles. The molecule has 1 aliphatic rings. The molecule has 0 bridgehead atoms. The van der Waals surface area contributed by atoms with Crippen LogP contribution in [0.5, 0.6) is 0 Å². The van der Waals surface area contributed by atoms with Crippen molar-refractivity contribution in [1.82, 2.24) is 0 Å². The van der Waals surface area contributed by atoms with Crippen molar-refractivity contribution in [2.75, 3.05) is 16.8 Å². The summed E-state index contributed by atoms with van der Waals surface area (Å²) in [5.74, 6) is -0.651. The first-order chi connectivity index (χ1) is 15.1. The highest BCUT2D eigenvalue weighted by atomic mass is 16.5. The van der Waals surface area contributed by atoms with Gasteiger partial charge >= 0.3 is 5.97 Å². The van der Waals surface area contributed by atoms with Crippen LogP contribution in [0, 0.1) is 0 Å². The average molecular weight is 414 g/mol. The molecule has 2 amide bonds. The van der Waals surface area contributed by atoms with Gasteiger partial charge in [-0.3, -0.25) is 9.59 Å². The Morgan fingerprint density at radius 1 is 0.903 bits per heavy atom. The van der Waals surface area contributed by atoms with E-state index in [0.717, 1.165) is 17.7 Å². The SMILES string of the molecule is O=C(Nc1cccc(C(=O)OCc2ccccc2)c1)c1ccc(N2CCCC2=O)cc1. The average Bonchev–Trinajstić information content (AvgIpc) is 3.24. The molecule has 31 heavy (non-hydrogen) atoms. The van der Waals surface area contributed by atoms with Crippen LogP contribution in [0.25, 0.3) is 0 Å². The predicted octanol–water partition coefficient (Wildman–Crippen LogP) is 4.42. The van der Waals surface area contributed by atoms with Crippen LogP contribution < -0.4 is 10.2 Å². The molecule has 3 aromatic rings. The van der Waals surface area contributed by atoms with Crippen molar-refractivity contribution in [3.8, 4) is 0 Å². The van der Waals surface area contributed by atoms with Gasteiger partial charge in [0.05, 0.1) is 5.56 Å². The number of hydrogen-bond donors (Lipinski definition) is 1. The fraction of sp³-hybridized carbons (Fsp3) is 0.160. The van der Waals surface area contributed by atoms with Gasteiger partial charge in [-0.05, 0) is 54.4 Å². The summed E-state index contributed by atoms with van der Waals surface area (Å²) in [5.41, 5.74) is 3.02. The number of rotatable bonds is 6. The number of esters is 1. The monoisotopic (exact) mass is 414 g/mol. The summed E-state index contributed by atoms with van der Waals surface area (Å²) in [7, 11) is 0. The van der Waals surface area contributed by atoms with Crippen LogP contribution in [0.1, 0.15) is 39.1 Å². The summed E-state index contributed by atoms with van der Waals surface area (Å²) in [6, 6.07) is 23.0. The molecule has 1 heterocycles. The fourth-order valence-electron chi connectivity index (χ4n) is 3.45. The lowest BCUT2D eigenvalue weighted by Gasteiger charge is -2.15. The molecule has 0 unspecified atom stereocenters.